The number of fused-ring (bicyclic) bond motifs is 2. The molecule has 9 nitrogen and oxygen atoms in total. The molecule has 3 N–H and O–H groups in total. The predicted octanol–water partition coefficient (Wildman–Crippen LogP) is 4.15. The molecule has 0 bridgehead atoms. The Labute approximate surface area is 201 Å². The highest BCUT2D eigenvalue weighted by Crippen LogP contribution is 2.36. The second-order valence-corrected chi connectivity index (χ2v) is 9.39. The number of furan rings is 1. The van der Waals surface area contributed by atoms with Crippen molar-refractivity contribution in [2.45, 2.75) is 38.7 Å². The minimum absolute atomic E-state index is 0.215. The number of nitrogens with zero attached hydrogens (tertiary/aromatic N) is 3. The van der Waals surface area contributed by atoms with Crippen LogP contribution in [0.1, 0.15) is 26.7 Å². The van der Waals surface area contributed by atoms with Gasteiger partial charge in [0.15, 0.2) is 17.0 Å². The number of carbonyl (C=O) groups is 1. The molecule has 2 aliphatic heterocycles. The van der Waals surface area contributed by atoms with Gasteiger partial charge in [0.2, 0.25) is 5.95 Å². The number of amides is 1. The Balaban J connectivity index is 1.32. The minimum Gasteiger partial charge on any atom is -0.476 e. The second kappa shape index (κ2) is 9.29. The molecule has 5 rings (SSSR count). The first-order valence-corrected chi connectivity index (χ1v) is 11.7. The quantitative estimate of drug-likeness (QED) is 0.458. The lowest BCUT2D eigenvalue weighted by molar-refractivity contribution is -0.129. The monoisotopic (exact) mass is 486 g/mol. The Morgan fingerprint density at radius 3 is 2.80 bits per heavy atom. The molecular formula is C24H28F2N6O3. The third-order valence-electron chi connectivity index (χ3n) is 6.33. The van der Waals surface area contributed by atoms with E-state index in [1.54, 1.807) is 38.3 Å². The largest absolute Gasteiger partial charge is 0.476 e. The van der Waals surface area contributed by atoms with Crippen molar-refractivity contribution in [2.24, 2.45) is 5.92 Å². The molecule has 0 aliphatic carbocycles. The summed E-state index contributed by atoms with van der Waals surface area (Å²) in [6, 6.07) is 7.20. The molecule has 1 amide bonds. The van der Waals surface area contributed by atoms with Gasteiger partial charge in [-0.25, -0.2) is 13.8 Å². The fraction of sp³-hybridized carbons (Fsp3) is 0.458. The fourth-order valence-corrected chi connectivity index (χ4v) is 4.38. The van der Waals surface area contributed by atoms with Crippen LogP contribution in [-0.4, -0.2) is 54.1 Å². The Morgan fingerprint density at radius 2 is 2.03 bits per heavy atom. The van der Waals surface area contributed by atoms with Crippen molar-refractivity contribution in [2.75, 3.05) is 41.7 Å². The van der Waals surface area contributed by atoms with Gasteiger partial charge in [-0.2, -0.15) is 4.98 Å². The highest BCUT2D eigenvalue weighted by Gasteiger charge is 2.35. The van der Waals surface area contributed by atoms with E-state index in [1.807, 2.05) is 6.07 Å². The molecule has 1 aromatic carbocycles. The molecule has 4 heterocycles. The first-order chi connectivity index (χ1) is 16.8. The van der Waals surface area contributed by atoms with Crippen LogP contribution in [0.2, 0.25) is 0 Å². The number of benzene rings is 1. The van der Waals surface area contributed by atoms with Gasteiger partial charge in [-0.3, -0.25) is 4.79 Å². The highest BCUT2D eigenvalue weighted by atomic mass is 19.3. The number of piperidine rings is 1. The number of carbonyl (C=O) groups excluding carboxylic acids is 1. The number of hydrogen-bond donors (Lipinski definition) is 3. The van der Waals surface area contributed by atoms with Crippen molar-refractivity contribution in [1.29, 1.82) is 0 Å². The Morgan fingerprint density at radius 1 is 1.23 bits per heavy atom. The molecule has 0 unspecified atom stereocenters. The van der Waals surface area contributed by atoms with Gasteiger partial charge >= 0.3 is 0 Å². The normalized spacial score (nSPS) is 17.9. The number of alkyl halides is 2. The summed E-state index contributed by atoms with van der Waals surface area (Å²) >= 11 is 0. The zero-order chi connectivity index (χ0) is 24.6. The molecular weight excluding hydrogens is 458 g/mol. The lowest BCUT2D eigenvalue weighted by Gasteiger charge is -2.33. The zero-order valence-electron chi connectivity index (χ0n) is 19.6. The predicted molar refractivity (Wildman–Crippen MR) is 129 cm³/mol. The summed E-state index contributed by atoms with van der Waals surface area (Å²) in [5.74, 6) is 1.82. The zero-order valence-corrected chi connectivity index (χ0v) is 19.6. The van der Waals surface area contributed by atoms with Crippen LogP contribution in [0, 0.1) is 5.92 Å². The van der Waals surface area contributed by atoms with Gasteiger partial charge in [0.05, 0.1) is 18.5 Å². The van der Waals surface area contributed by atoms with Gasteiger partial charge in [0.1, 0.15) is 11.3 Å². The Kier molecular flexibility index (Phi) is 6.18. The number of hydrogen-bond acceptors (Lipinski definition) is 8. The summed E-state index contributed by atoms with van der Waals surface area (Å²) in [5.41, 5.74) is 1.63. The van der Waals surface area contributed by atoms with E-state index in [0.29, 0.717) is 52.5 Å². The average molecular weight is 487 g/mol. The van der Waals surface area contributed by atoms with Crippen molar-refractivity contribution in [1.82, 2.24) is 15.3 Å². The lowest BCUT2D eigenvalue weighted by Crippen LogP contribution is -2.45. The smallest absolute Gasteiger partial charge is 0.268 e. The molecule has 11 heteroatoms. The van der Waals surface area contributed by atoms with E-state index in [0.717, 1.165) is 25.9 Å². The van der Waals surface area contributed by atoms with Crippen LogP contribution in [0.25, 0.3) is 11.1 Å². The fourth-order valence-electron chi connectivity index (χ4n) is 4.38. The van der Waals surface area contributed by atoms with Crippen LogP contribution in [0.4, 0.5) is 31.9 Å². The molecule has 1 saturated heterocycles. The molecule has 35 heavy (non-hydrogen) atoms. The second-order valence-electron chi connectivity index (χ2n) is 9.39. The number of aromatic nitrogens is 2. The molecule has 0 atom stereocenters. The number of nitrogens with one attached hydrogen (secondary N) is 3. The van der Waals surface area contributed by atoms with Gasteiger partial charge in [-0.1, -0.05) is 0 Å². The first kappa shape index (κ1) is 23.3. The lowest BCUT2D eigenvalue weighted by atomic mass is 9.97. The van der Waals surface area contributed by atoms with E-state index in [-0.39, 0.29) is 12.5 Å². The summed E-state index contributed by atoms with van der Waals surface area (Å²) < 4.78 is 36.3. The van der Waals surface area contributed by atoms with Crippen LogP contribution in [0.3, 0.4) is 0 Å². The van der Waals surface area contributed by atoms with E-state index in [9.17, 15) is 13.6 Å². The number of anilines is 4. The van der Waals surface area contributed by atoms with Crippen molar-refractivity contribution in [3.63, 3.8) is 0 Å². The number of halogens is 2. The maximum Gasteiger partial charge on any atom is 0.268 e. The van der Waals surface area contributed by atoms with Gasteiger partial charge in [0, 0.05) is 24.8 Å². The van der Waals surface area contributed by atoms with E-state index in [4.69, 9.17) is 14.1 Å². The molecule has 0 spiro atoms. The average Bonchev–Trinajstić information content (AvgIpc) is 3.28. The maximum atomic E-state index is 12.4. The van der Waals surface area contributed by atoms with Gasteiger partial charge in [-0.15, -0.1) is 0 Å². The van der Waals surface area contributed by atoms with Crippen LogP contribution in [-0.2, 0) is 4.79 Å². The summed E-state index contributed by atoms with van der Waals surface area (Å²) in [6.45, 7) is 5.23. The van der Waals surface area contributed by atoms with Crippen molar-refractivity contribution in [3.05, 3.63) is 30.5 Å². The number of ether oxygens (including phenoxy) is 1. The van der Waals surface area contributed by atoms with Crippen molar-refractivity contribution < 1.29 is 22.7 Å². The molecule has 2 aliphatic rings. The van der Waals surface area contributed by atoms with Gasteiger partial charge in [0.25, 0.3) is 12.3 Å². The number of rotatable bonds is 7. The minimum atomic E-state index is -2.33. The molecule has 186 valence electrons. The van der Waals surface area contributed by atoms with E-state index in [1.165, 1.54) is 0 Å². The maximum absolute atomic E-state index is 12.4. The summed E-state index contributed by atoms with van der Waals surface area (Å²) in [7, 11) is 0. The van der Waals surface area contributed by atoms with Crippen LogP contribution in [0.15, 0.2) is 34.9 Å². The topological polar surface area (TPSA) is 105 Å². The van der Waals surface area contributed by atoms with Crippen molar-refractivity contribution >= 4 is 40.1 Å². The SMILES string of the molecule is CC1(C)Oc2ccc(Nc3nc(N4CCC(CNCC(F)F)CC4)c4occc4n3)cc2NC1=O. The van der Waals surface area contributed by atoms with Crippen LogP contribution in [0.5, 0.6) is 5.75 Å². The van der Waals surface area contributed by atoms with E-state index in [2.05, 4.69) is 25.8 Å². The highest BCUT2D eigenvalue weighted by molar-refractivity contribution is 6.00. The van der Waals surface area contributed by atoms with Crippen LogP contribution >= 0.6 is 0 Å². The standard InChI is InChI=1S/C24H28F2N6O3/c1-24(2)22(33)29-17-11-15(3-4-18(17)35-24)28-23-30-16-7-10-34-20(16)21(31-23)32-8-5-14(6-9-32)12-27-13-19(25)26/h3-4,7,10-11,14,19,27H,5-6,8-9,12-13H2,1-2H3,(H,29,33)(H,28,30,31). The Hall–Kier alpha value is -3.47. The molecule has 1 fully saturated rings. The summed E-state index contributed by atoms with van der Waals surface area (Å²) in [5, 5.41) is 8.94. The molecule has 3 aromatic rings. The van der Waals surface area contributed by atoms with E-state index < -0.39 is 12.0 Å². The van der Waals surface area contributed by atoms with Gasteiger partial charge < -0.3 is 30.0 Å². The van der Waals surface area contributed by atoms with Crippen molar-refractivity contribution in [3.8, 4) is 5.75 Å². The summed E-state index contributed by atoms with van der Waals surface area (Å²) in [4.78, 5) is 23.7. The molecule has 0 radical (unpaired) electrons. The Bertz CT molecular complexity index is 1220. The van der Waals surface area contributed by atoms with E-state index >= 15 is 0 Å². The van der Waals surface area contributed by atoms with Gasteiger partial charge in [-0.05, 0) is 57.4 Å². The third kappa shape index (κ3) is 5.00. The molecule has 0 saturated carbocycles. The third-order valence-corrected chi connectivity index (χ3v) is 6.33. The molecule has 2 aromatic heterocycles. The summed E-state index contributed by atoms with van der Waals surface area (Å²) in [6.07, 6.45) is 0.985. The first-order valence-electron chi connectivity index (χ1n) is 11.7. The van der Waals surface area contributed by atoms with Crippen LogP contribution < -0.4 is 25.6 Å².